The van der Waals surface area contributed by atoms with Crippen molar-refractivity contribution in [1.82, 2.24) is 25.5 Å². The van der Waals surface area contributed by atoms with Gasteiger partial charge in [-0.2, -0.15) is 13.2 Å². The molecule has 0 radical (unpaired) electrons. The van der Waals surface area contributed by atoms with Gasteiger partial charge in [-0.05, 0) is 38.6 Å². The Labute approximate surface area is 173 Å². The van der Waals surface area contributed by atoms with E-state index < -0.39 is 11.7 Å². The Bertz CT molecular complexity index is 888. The van der Waals surface area contributed by atoms with Gasteiger partial charge in [-0.1, -0.05) is 6.92 Å². The molecule has 0 bridgehead atoms. The highest BCUT2D eigenvalue weighted by Crippen LogP contribution is 2.37. The second-order valence-electron chi connectivity index (χ2n) is 8.03. The summed E-state index contributed by atoms with van der Waals surface area (Å²) >= 11 is 0. The number of carbonyl (C=O) groups excluding carboxylic acids is 1. The Morgan fingerprint density at radius 1 is 1.20 bits per heavy atom. The van der Waals surface area contributed by atoms with Crippen LogP contribution in [0.2, 0.25) is 0 Å². The molecule has 0 saturated carbocycles. The van der Waals surface area contributed by atoms with Gasteiger partial charge in [-0.15, -0.1) is 0 Å². The van der Waals surface area contributed by atoms with Crippen molar-refractivity contribution in [2.24, 2.45) is 5.92 Å². The quantitative estimate of drug-likeness (QED) is 0.772. The highest BCUT2D eigenvalue weighted by atomic mass is 19.4. The molecule has 2 heterocycles. The highest BCUT2D eigenvalue weighted by Gasteiger charge is 2.35. The fourth-order valence-corrected chi connectivity index (χ4v) is 3.81. The Balaban J connectivity index is 1.79. The van der Waals surface area contributed by atoms with Crippen molar-refractivity contribution in [1.29, 1.82) is 0 Å². The van der Waals surface area contributed by atoms with E-state index >= 15 is 0 Å². The van der Waals surface area contributed by atoms with E-state index in [9.17, 15) is 18.0 Å². The molecule has 1 saturated heterocycles. The Kier molecular flexibility index (Phi) is 6.64. The summed E-state index contributed by atoms with van der Waals surface area (Å²) < 4.78 is 40.1. The summed E-state index contributed by atoms with van der Waals surface area (Å²) in [5.74, 6) is 0.250. The van der Waals surface area contributed by atoms with Gasteiger partial charge < -0.3 is 20.4 Å². The van der Waals surface area contributed by atoms with Gasteiger partial charge in [0.1, 0.15) is 11.0 Å². The molecule has 30 heavy (non-hydrogen) atoms. The first kappa shape index (κ1) is 22.1. The van der Waals surface area contributed by atoms with E-state index in [-0.39, 0.29) is 29.0 Å². The molecular weight excluding hydrogens is 397 g/mol. The van der Waals surface area contributed by atoms with E-state index in [0.717, 1.165) is 19.0 Å². The first-order chi connectivity index (χ1) is 14.1. The average Bonchev–Trinajstić information content (AvgIpc) is 2.65. The zero-order chi connectivity index (χ0) is 21.9. The van der Waals surface area contributed by atoms with Crippen LogP contribution in [-0.4, -0.2) is 67.2 Å². The van der Waals surface area contributed by atoms with Crippen LogP contribution < -0.4 is 15.5 Å². The van der Waals surface area contributed by atoms with Gasteiger partial charge in [-0.3, -0.25) is 9.97 Å². The second kappa shape index (κ2) is 9.03. The van der Waals surface area contributed by atoms with Crippen molar-refractivity contribution < 1.29 is 18.0 Å². The molecule has 164 valence electrons. The zero-order valence-corrected chi connectivity index (χ0v) is 17.3. The third-order valence-electron chi connectivity index (χ3n) is 5.09. The lowest BCUT2D eigenvalue weighted by Gasteiger charge is -2.38. The van der Waals surface area contributed by atoms with E-state index in [1.807, 2.05) is 23.9 Å². The van der Waals surface area contributed by atoms with Crippen LogP contribution >= 0.6 is 0 Å². The number of piperidine rings is 1. The summed E-state index contributed by atoms with van der Waals surface area (Å²) in [5.41, 5.74) is -0.144. The number of halogens is 3. The maximum atomic E-state index is 13.4. The highest BCUT2D eigenvalue weighted by molar-refractivity contribution is 5.91. The maximum absolute atomic E-state index is 13.4. The molecule has 2 atom stereocenters. The first-order valence-corrected chi connectivity index (χ1v) is 9.90. The molecule has 2 amide bonds. The van der Waals surface area contributed by atoms with Gasteiger partial charge in [0.15, 0.2) is 0 Å². The smallest absolute Gasteiger partial charge is 0.367 e. The van der Waals surface area contributed by atoms with Crippen LogP contribution in [0, 0.1) is 5.92 Å². The Hall–Kier alpha value is -2.62. The molecule has 1 aliphatic heterocycles. The third kappa shape index (κ3) is 5.29. The minimum Gasteiger partial charge on any atom is -0.367 e. The van der Waals surface area contributed by atoms with Crippen molar-refractivity contribution in [3.8, 4) is 0 Å². The summed E-state index contributed by atoms with van der Waals surface area (Å²) in [6, 6.07) is 2.14. The van der Waals surface area contributed by atoms with Crippen molar-refractivity contribution in [2.45, 2.75) is 25.6 Å². The Morgan fingerprint density at radius 3 is 2.57 bits per heavy atom. The van der Waals surface area contributed by atoms with E-state index in [4.69, 9.17) is 0 Å². The number of likely N-dealkylation sites (N-methyl/N-ethyl adjacent to an activating group) is 1. The summed E-state index contributed by atoms with van der Waals surface area (Å²) in [6.07, 6.45) is -1.05. The van der Waals surface area contributed by atoms with Gasteiger partial charge in [0.05, 0.1) is 11.3 Å². The molecule has 2 N–H and O–H groups in total. The number of amides is 2. The van der Waals surface area contributed by atoms with Gasteiger partial charge in [0.2, 0.25) is 0 Å². The molecule has 3 rings (SSSR count). The number of nitrogens with one attached hydrogen (secondary N) is 2. The Morgan fingerprint density at radius 2 is 1.90 bits per heavy atom. The lowest BCUT2D eigenvalue weighted by molar-refractivity contribution is -0.136. The largest absolute Gasteiger partial charge is 0.418 e. The number of alkyl halides is 3. The van der Waals surface area contributed by atoms with Gasteiger partial charge >= 0.3 is 12.2 Å². The number of carbonyl (C=O) groups is 1. The molecule has 1 aromatic heterocycles. The number of anilines is 1. The van der Waals surface area contributed by atoms with Gasteiger partial charge in [-0.25, -0.2) is 4.79 Å². The van der Waals surface area contributed by atoms with Gasteiger partial charge in [0.25, 0.3) is 0 Å². The minimum atomic E-state index is -4.50. The second-order valence-corrected chi connectivity index (χ2v) is 8.03. The molecule has 1 aliphatic rings. The fraction of sp³-hybridized carbons (Fsp3) is 0.550. The summed E-state index contributed by atoms with van der Waals surface area (Å²) in [4.78, 5) is 24.3. The zero-order valence-electron chi connectivity index (χ0n) is 17.3. The normalized spacial score (nSPS) is 19.9. The monoisotopic (exact) mass is 424 g/mol. The van der Waals surface area contributed by atoms with Crippen LogP contribution in [0.15, 0.2) is 24.5 Å². The number of urea groups is 1. The predicted molar refractivity (Wildman–Crippen MR) is 109 cm³/mol. The van der Waals surface area contributed by atoms with Crippen LogP contribution in [0.5, 0.6) is 0 Å². The maximum Gasteiger partial charge on any atom is 0.418 e. The summed E-state index contributed by atoms with van der Waals surface area (Å²) in [7, 11) is 3.86. The predicted octanol–water partition coefficient (Wildman–Crippen LogP) is 2.72. The molecular formula is C20H27F3N6O. The van der Waals surface area contributed by atoms with Crippen molar-refractivity contribution in [2.75, 3.05) is 45.2 Å². The van der Waals surface area contributed by atoms with Crippen LogP contribution in [-0.2, 0) is 6.18 Å². The minimum absolute atomic E-state index is 0.123. The van der Waals surface area contributed by atoms with E-state index in [2.05, 4.69) is 27.5 Å². The van der Waals surface area contributed by atoms with Crippen molar-refractivity contribution in [3.05, 3.63) is 30.1 Å². The molecule has 2 aromatic rings. The number of nitrogens with zero attached hydrogens (tertiary/aromatic N) is 4. The van der Waals surface area contributed by atoms with Crippen LogP contribution in [0.25, 0.3) is 11.0 Å². The standard InChI is InChI=1S/C20H27F3N6O/c1-13-10-14(27-19(30)26-8-9-28(2)3)12-29(11-13)16-5-4-15(20(21,22)23)17-18(16)25-7-6-24-17/h4-7,13-14H,8-12H2,1-3H3,(H2,26,27,30)/t13-,14+/m0/s1. The summed E-state index contributed by atoms with van der Waals surface area (Å²) in [5, 5.41) is 5.81. The number of hydrogen-bond donors (Lipinski definition) is 2. The number of hydrogen-bond acceptors (Lipinski definition) is 5. The number of aromatic nitrogens is 2. The van der Waals surface area contributed by atoms with Crippen LogP contribution in [0.1, 0.15) is 18.9 Å². The first-order valence-electron chi connectivity index (χ1n) is 9.90. The average molecular weight is 424 g/mol. The topological polar surface area (TPSA) is 73.4 Å². The third-order valence-corrected chi connectivity index (χ3v) is 5.09. The van der Waals surface area contributed by atoms with Crippen molar-refractivity contribution >= 4 is 22.8 Å². The molecule has 7 nitrogen and oxygen atoms in total. The van der Waals surface area contributed by atoms with E-state index in [0.29, 0.717) is 25.3 Å². The SMILES string of the molecule is C[C@H]1C[C@@H](NC(=O)NCCN(C)C)CN(c2ccc(C(F)(F)F)c3nccnc23)C1. The van der Waals surface area contributed by atoms with Crippen LogP contribution in [0.4, 0.5) is 23.7 Å². The lowest BCUT2D eigenvalue weighted by Crippen LogP contribution is -2.53. The van der Waals surface area contributed by atoms with Crippen LogP contribution in [0.3, 0.4) is 0 Å². The fourth-order valence-electron chi connectivity index (χ4n) is 3.81. The van der Waals surface area contributed by atoms with E-state index in [1.54, 1.807) is 0 Å². The molecule has 10 heteroatoms. The molecule has 0 spiro atoms. The summed E-state index contributed by atoms with van der Waals surface area (Å²) in [6.45, 7) is 4.48. The van der Waals surface area contributed by atoms with E-state index in [1.165, 1.54) is 18.5 Å². The lowest BCUT2D eigenvalue weighted by atomic mass is 9.95. The number of rotatable bonds is 5. The number of benzene rings is 1. The molecule has 0 unspecified atom stereocenters. The van der Waals surface area contributed by atoms with Crippen molar-refractivity contribution in [3.63, 3.8) is 0 Å². The number of fused-ring (bicyclic) bond motifs is 1. The van der Waals surface area contributed by atoms with Gasteiger partial charge in [0, 0.05) is 44.6 Å². The molecule has 0 aliphatic carbocycles. The molecule has 1 aromatic carbocycles. The molecule has 1 fully saturated rings.